The van der Waals surface area contributed by atoms with Crippen molar-refractivity contribution in [3.63, 3.8) is 0 Å². The van der Waals surface area contributed by atoms with Gasteiger partial charge in [0.1, 0.15) is 11.6 Å². The lowest BCUT2D eigenvalue weighted by atomic mass is 10.2. The first-order valence-electron chi connectivity index (χ1n) is 9.88. The minimum atomic E-state index is -0.541. The molecule has 2 heterocycles. The van der Waals surface area contributed by atoms with Crippen LogP contribution in [0.4, 0.5) is 4.39 Å². The summed E-state index contributed by atoms with van der Waals surface area (Å²) >= 11 is 5.99. The van der Waals surface area contributed by atoms with E-state index in [1.165, 1.54) is 35.9 Å². The number of fused-ring (bicyclic) bond motifs is 1. The van der Waals surface area contributed by atoms with Crippen molar-refractivity contribution < 1.29 is 14.2 Å². The van der Waals surface area contributed by atoms with E-state index in [1.54, 1.807) is 16.7 Å². The second-order valence-electron chi connectivity index (χ2n) is 7.21. The first-order valence-corrected chi connectivity index (χ1v) is 10.3. The van der Waals surface area contributed by atoms with Gasteiger partial charge in [0.2, 0.25) is 0 Å². The molecule has 2 aromatic carbocycles. The first-order chi connectivity index (χ1) is 15.4. The monoisotopic (exact) mass is 458 g/mol. The average Bonchev–Trinajstić information content (AvgIpc) is 3.13. The number of imidazole rings is 1. The average molecular weight is 459 g/mol. The Balaban J connectivity index is 1.92. The predicted molar refractivity (Wildman–Crippen MR) is 118 cm³/mol. The van der Waals surface area contributed by atoms with E-state index in [4.69, 9.17) is 21.4 Å². The van der Waals surface area contributed by atoms with E-state index < -0.39 is 17.1 Å². The lowest BCUT2D eigenvalue weighted by Gasteiger charge is -2.11. The fourth-order valence-electron chi connectivity index (χ4n) is 3.38. The Morgan fingerprint density at radius 1 is 1.06 bits per heavy atom. The molecule has 0 saturated carbocycles. The molecule has 1 N–H and O–H groups in total. The molecule has 32 heavy (non-hydrogen) atoms. The van der Waals surface area contributed by atoms with Crippen molar-refractivity contribution in [3.8, 4) is 11.8 Å². The molecule has 4 aromatic rings. The van der Waals surface area contributed by atoms with Crippen molar-refractivity contribution in [2.24, 2.45) is 7.05 Å². The van der Waals surface area contributed by atoms with E-state index in [-0.39, 0.29) is 43.3 Å². The topological polar surface area (TPSA) is 91.3 Å². The highest BCUT2D eigenvalue weighted by Gasteiger charge is 2.22. The van der Waals surface area contributed by atoms with Crippen LogP contribution in [0, 0.1) is 5.82 Å². The summed E-state index contributed by atoms with van der Waals surface area (Å²) in [6, 6.07) is 12.5. The van der Waals surface area contributed by atoms with Gasteiger partial charge in [-0.2, -0.15) is 4.98 Å². The zero-order valence-corrected chi connectivity index (χ0v) is 17.9. The fraction of sp³-hybridized carbons (Fsp3) is 0.227. The third-order valence-corrected chi connectivity index (χ3v) is 5.27. The molecule has 0 atom stereocenters. The molecule has 2 aromatic heterocycles. The van der Waals surface area contributed by atoms with Crippen LogP contribution in [0.5, 0.6) is 11.8 Å². The van der Waals surface area contributed by atoms with Crippen LogP contribution in [0.25, 0.3) is 11.2 Å². The van der Waals surface area contributed by atoms with Gasteiger partial charge in [-0.05, 0) is 48.4 Å². The second-order valence-corrected chi connectivity index (χ2v) is 7.65. The summed E-state index contributed by atoms with van der Waals surface area (Å²) in [5.41, 5.74) is 0.0867. The SMILES string of the molecule is Cn1c(=O)n(CCCO)c(=O)c2c1nc(Oc1ccc(F)cc1)n2Cc1ccc(Cl)cc1. The van der Waals surface area contributed by atoms with E-state index in [0.717, 1.165) is 10.1 Å². The molecule has 0 aliphatic heterocycles. The Hall–Kier alpha value is -3.43. The Morgan fingerprint density at radius 2 is 1.75 bits per heavy atom. The molecule has 0 spiro atoms. The van der Waals surface area contributed by atoms with E-state index >= 15 is 0 Å². The van der Waals surface area contributed by atoms with Gasteiger partial charge in [-0.25, -0.2) is 9.18 Å². The summed E-state index contributed by atoms with van der Waals surface area (Å²) in [7, 11) is 1.51. The van der Waals surface area contributed by atoms with Gasteiger partial charge < -0.3 is 9.84 Å². The number of benzene rings is 2. The molecular weight excluding hydrogens is 439 g/mol. The number of aromatic nitrogens is 4. The van der Waals surface area contributed by atoms with Crippen LogP contribution in [0.15, 0.2) is 58.1 Å². The van der Waals surface area contributed by atoms with Crippen molar-refractivity contribution in [1.82, 2.24) is 18.7 Å². The zero-order chi connectivity index (χ0) is 22.8. The largest absolute Gasteiger partial charge is 0.425 e. The quantitative estimate of drug-likeness (QED) is 0.460. The van der Waals surface area contributed by atoms with Crippen LogP contribution >= 0.6 is 11.6 Å². The van der Waals surface area contributed by atoms with E-state index in [1.807, 2.05) is 12.1 Å². The molecule has 0 radical (unpaired) electrons. The fourth-order valence-corrected chi connectivity index (χ4v) is 3.51. The zero-order valence-electron chi connectivity index (χ0n) is 17.2. The molecule has 0 saturated heterocycles. The highest BCUT2D eigenvalue weighted by molar-refractivity contribution is 6.30. The Morgan fingerprint density at radius 3 is 2.41 bits per heavy atom. The number of ether oxygens (including phenoxy) is 1. The third kappa shape index (κ3) is 4.17. The normalized spacial score (nSPS) is 11.2. The van der Waals surface area contributed by atoms with Crippen LogP contribution in [0.2, 0.25) is 5.02 Å². The minimum absolute atomic E-state index is 0.0677. The number of aliphatic hydroxyl groups excluding tert-OH is 1. The van der Waals surface area contributed by atoms with Crippen LogP contribution in [-0.4, -0.2) is 30.4 Å². The molecule has 0 unspecified atom stereocenters. The molecule has 0 aliphatic carbocycles. The van der Waals surface area contributed by atoms with Crippen LogP contribution in [-0.2, 0) is 20.1 Å². The van der Waals surface area contributed by atoms with Gasteiger partial charge in [0.25, 0.3) is 5.56 Å². The van der Waals surface area contributed by atoms with Crippen molar-refractivity contribution in [1.29, 1.82) is 0 Å². The summed E-state index contributed by atoms with van der Waals surface area (Å²) in [5.74, 6) is -0.0918. The summed E-state index contributed by atoms with van der Waals surface area (Å²) < 4.78 is 23.1. The van der Waals surface area contributed by atoms with Gasteiger partial charge in [0.05, 0.1) is 6.54 Å². The number of nitrogens with zero attached hydrogens (tertiary/aromatic N) is 4. The number of aryl methyl sites for hydroxylation is 1. The molecule has 4 rings (SSSR count). The van der Waals surface area contributed by atoms with Gasteiger partial charge >= 0.3 is 11.7 Å². The maximum atomic E-state index is 13.3. The van der Waals surface area contributed by atoms with Gasteiger partial charge in [0.15, 0.2) is 11.2 Å². The first kappa shape index (κ1) is 21.8. The number of rotatable bonds is 7. The van der Waals surface area contributed by atoms with Gasteiger partial charge in [0, 0.05) is 25.2 Å². The molecule has 8 nitrogen and oxygen atoms in total. The van der Waals surface area contributed by atoms with E-state index in [0.29, 0.717) is 10.8 Å². The van der Waals surface area contributed by atoms with E-state index in [2.05, 4.69) is 4.98 Å². The molecule has 0 bridgehead atoms. The molecule has 0 aliphatic rings. The predicted octanol–water partition coefficient (Wildman–Crippen LogP) is 2.91. The van der Waals surface area contributed by atoms with Gasteiger partial charge in [-0.15, -0.1) is 0 Å². The summed E-state index contributed by atoms with van der Waals surface area (Å²) in [6.45, 7) is 0.131. The smallest absolute Gasteiger partial charge is 0.332 e. The highest BCUT2D eigenvalue weighted by Crippen LogP contribution is 2.25. The van der Waals surface area contributed by atoms with E-state index in [9.17, 15) is 14.0 Å². The number of hydrogen-bond acceptors (Lipinski definition) is 5. The lowest BCUT2D eigenvalue weighted by Crippen LogP contribution is -2.39. The molecule has 0 fully saturated rings. The lowest BCUT2D eigenvalue weighted by molar-refractivity contribution is 0.277. The minimum Gasteiger partial charge on any atom is -0.425 e. The summed E-state index contributed by atoms with van der Waals surface area (Å²) in [5, 5.41) is 9.72. The summed E-state index contributed by atoms with van der Waals surface area (Å²) in [4.78, 5) is 30.4. The van der Waals surface area contributed by atoms with Gasteiger partial charge in [-0.3, -0.25) is 18.5 Å². The van der Waals surface area contributed by atoms with Crippen molar-refractivity contribution >= 4 is 22.8 Å². The Labute approximate surface area is 186 Å². The maximum Gasteiger partial charge on any atom is 0.332 e. The van der Waals surface area contributed by atoms with Crippen LogP contribution in [0.3, 0.4) is 0 Å². The van der Waals surface area contributed by atoms with Crippen LogP contribution < -0.4 is 16.0 Å². The van der Waals surface area contributed by atoms with Crippen molar-refractivity contribution in [3.05, 3.63) is 85.8 Å². The maximum absolute atomic E-state index is 13.3. The highest BCUT2D eigenvalue weighted by atomic mass is 35.5. The number of hydrogen-bond donors (Lipinski definition) is 1. The third-order valence-electron chi connectivity index (χ3n) is 5.01. The second kappa shape index (κ2) is 8.97. The van der Waals surface area contributed by atoms with Crippen molar-refractivity contribution in [2.45, 2.75) is 19.5 Å². The van der Waals surface area contributed by atoms with Gasteiger partial charge in [-0.1, -0.05) is 23.7 Å². The standard InChI is InChI=1S/C22H20ClFN4O4/c1-26-19-18(20(30)27(22(26)31)11-2-12-29)28(13-14-3-5-15(23)6-4-14)21(25-19)32-17-9-7-16(24)8-10-17/h3-10,29H,2,11-13H2,1H3. The number of halogens is 2. The van der Waals surface area contributed by atoms with Crippen LogP contribution in [0.1, 0.15) is 12.0 Å². The number of aliphatic hydroxyl groups is 1. The Bertz CT molecular complexity index is 1380. The molecular formula is C22H20ClFN4O4. The summed E-state index contributed by atoms with van der Waals surface area (Å²) in [6.07, 6.45) is 0.255. The Kier molecular flexibility index (Phi) is 6.11. The molecule has 10 heteroatoms. The van der Waals surface area contributed by atoms with Crippen molar-refractivity contribution in [2.75, 3.05) is 6.61 Å². The molecule has 166 valence electrons. The molecule has 0 amide bonds.